The van der Waals surface area contributed by atoms with Gasteiger partial charge in [0.2, 0.25) is 10.0 Å². The molecule has 1 atom stereocenters. The van der Waals surface area contributed by atoms with Crippen LogP contribution in [0, 0.1) is 5.82 Å². The van der Waals surface area contributed by atoms with Crippen LogP contribution in [0.15, 0.2) is 45.9 Å². The lowest BCUT2D eigenvalue weighted by Gasteiger charge is -2.11. The lowest BCUT2D eigenvalue weighted by Crippen LogP contribution is -2.28. The van der Waals surface area contributed by atoms with Gasteiger partial charge in [0, 0.05) is 6.54 Å². The molecule has 2 N–H and O–H groups in total. The number of nitrogens with one attached hydrogen (secondary N) is 1. The zero-order chi connectivity index (χ0) is 14.8. The number of benzene rings is 1. The molecule has 0 aliphatic rings. The number of halogens is 2. The molecule has 0 aliphatic carbocycles. The average Bonchev–Trinajstić information content (AvgIpc) is 2.93. The maximum atomic E-state index is 13.1. The quantitative estimate of drug-likeness (QED) is 0.884. The van der Waals surface area contributed by atoms with Crippen LogP contribution in [-0.4, -0.2) is 20.1 Å². The molecule has 2 rings (SSSR count). The van der Waals surface area contributed by atoms with E-state index in [1.807, 2.05) is 0 Å². The van der Waals surface area contributed by atoms with E-state index < -0.39 is 21.9 Å². The van der Waals surface area contributed by atoms with Gasteiger partial charge in [0.15, 0.2) is 0 Å². The Kier molecular flexibility index (Phi) is 4.44. The Hall–Kier alpha value is -1.41. The van der Waals surface area contributed by atoms with Crippen molar-refractivity contribution in [1.29, 1.82) is 0 Å². The molecule has 0 amide bonds. The van der Waals surface area contributed by atoms with Gasteiger partial charge in [-0.15, -0.1) is 0 Å². The molecule has 1 unspecified atom stereocenters. The topological polar surface area (TPSA) is 79.5 Å². The molecule has 0 bridgehead atoms. The summed E-state index contributed by atoms with van der Waals surface area (Å²) in [6, 6.07) is 6.09. The van der Waals surface area contributed by atoms with Crippen LogP contribution in [0.4, 0.5) is 4.39 Å². The molecule has 108 valence electrons. The molecule has 0 fully saturated rings. The first-order valence-corrected chi connectivity index (χ1v) is 7.42. The minimum atomic E-state index is -4.02. The summed E-state index contributed by atoms with van der Waals surface area (Å²) in [5, 5.41) is 9.61. The van der Waals surface area contributed by atoms with Crippen molar-refractivity contribution in [3.05, 3.63) is 53.2 Å². The highest BCUT2D eigenvalue weighted by atomic mass is 35.5. The summed E-state index contributed by atoms with van der Waals surface area (Å²) < 4.78 is 44.1. The molecule has 20 heavy (non-hydrogen) atoms. The van der Waals surface area contributed by atoms with E-state index in [0.717, 1.165) is 18.2 Å². The smallest absolute Gasteiger partial charge is 0.242 e. The van der Waals surface area contributed by atoms with Gasteiger partial charge in [-0.2, -0.15) is 0 Å². The maximum Gasteiger partial charge on any atom is 0.242 e. The summed E-state index contributed by atoms with van der Waals surface area (Å²) >= 11 is 5.73. The minimum Gasteiger partial charge on any atom is -0.467 e. The van der Waals surface area contributed by atoms with Crippen LogP contribution in [-0.2, 0) is 10.0 Å². The van der Waals surface area contributed by atoms with Crippen LogP contribution in [0.25, 0.3) is 0 Å². The number of hydrogen-bond donors (Lipinski definition) is 2. The summed E-state index contributed by atoms with van der Waals surface area (Å²) in [7, 11) is -4.02. The third kappa shape index (κ3) is 3.37. The van der Waals surface area contributed by atoms with E-state index in [9.17, 15) is 17.9 Å². The zero-order valence-corrected chi connectivity index (χ0v) is 11.7. The third-order valence-corrected chi connectivity index (χ3v) is 4.43. The van der Waals surface area contributed by atoms with Crippen molar-refractivity contribution < 1.29 is 22.3 Å². The number of aliphatic hydroxyl groups is 1. The number of furan rings is 1. The lowest BCUT2D eigenvalue weighted by atomic mass is 10.3. The van der Waals surface area contributed by atoms with Crippen molar-refractivity contribution >= 4 is 21.6 Å². The molecular formula is C12H11ClFNO4S. The van der Waals surface area contributed by atoms with E-state index in [1.165, 1.54) is 12.3 Å². The van der Waals surface area contributed by atoms with Gasteiger partial charge in [-0.3, -0.25) is 0 Å². The summed E-state index contributed by atoms with van der Waals surface area (Å²) in [5.41, 5.74) is 0. The Morgan fingerprint density at radius 1 is 1.40 bits per heavy atom. The maximum absolute atomic E-state index is 13.1. The fourth-order valence-corrected chi connectivity index (χ4v) is 3.08. The molecule has 0 radical (unpaired) electrons. The van der Waals surface area contributed by atoms with Crippen LogP contribution < -0.4 is 4.72 Å². The first kappa shape index (κ1) is 15.0. The Balaban J connectivity index is 2.13. The molecule has 0 saturated carbocycles. The van der Waals surface area contributed by atoms with E-state index in [1.54, 1.807) is 6.07 Å². The number of sulfonamides is 1. The molecule has 0 spiro atoms. The first-order chi connectivity index (χ1) is 9.40. The van der Waals surface area contributed by atoms with Gasteiger partial charge in [0.05, 0.1) is 11.3 Å². The van der Waals surface area contributed by atoms with Gasteiger partial charge in [-0.05, 0) is 30.3 Å². The van der Waals surface area contributed by atoms with Gasteiger partial charge in [-0.1, -0.05) is 11.6 Å². The predicted octanol–water partition coefficient (Wildman–Crippen LogP) is 2.08. The molecule has 0 saturated heterocycles. The predicted molar refractivity (Wildman–Crippen MR) is 70.3 cm³/mol. The lowest BCUT2D eigenvalue weighted by molar-refractivity contribution is 0.154. The zero-order valence-electron chi connectivity index (χ0n) is 10.1. The standard InChI is InChI=1S/C12H11ClFNO4S/c13-9-4-3-8(14)6-12(9)20(17,18)15-7-10(16)11-2-1-5-19-11/h1-6,10,15-16H,7H2. The van der Waals surface area contributed by atoms with Crippen molar-refractivity contribution in [2.24, 2.45) is 0 Å². The monoisotopic (exact) mass is 319 g/mol. The van der Waals surface area contributed by atoms with Gasteiger partial charge in [0.25, 0.3) is 0 Å². The SMILES string of the molecule is O=S(=O)(NCC(O)c1ccco1)c1cc(F)ccc1Cl. The van der Waals surface area contributed by atoms with Crippen LogP contribution in [0.5, 0.6) is 0 Å². The van der Waals surface area contributed by atoms with E-state index in [0.29, 0.717) is 0 Å². The second kappa shape index (κ2) is 5.92. The van der Waals surface area contributed by atoms with E-state index in [-0.39, 0.29) is 22.2 Å². The van der Waals surface area contributed by atoms with Crippen molar-refractivity contribution in [2.45, 2.75) is 11.0 Å². The van der Waals surface area contributed by atoms with Crippen LogP contribution >= 0.6 is 11.6 Å². The second-order valence-corrected chi connectivity index (χ2v) is 6.10. The molecule has 1 aromatic carbocycles. The Morgan fingerprint density at radius 2 is 2.15 bits per heavy atom. The van der Waals surface area contributed by atoms with Crippen molar-refractivity contribution in [2.75, 3.05) is 6.54 Å². The molecule has 8 heteroatoms. The summed E-state index contributed by atoms with van der Waals surface area (Å²) in [4.78, 5) is -0.384. The fraction of sp³-hybridized carbons (Fsp3) is 0.167. The van der Waals surface area contributed by atoms with Gasteiger partial charge < -0.3 is 9.52 Å². The Morgan fingerprint density at radius 3 is 2.80 bits per heavy atom. The highest BCUT2D eigenvalue weighted by Crippen LogP contribution is 2.22. The first-order valence-electron chi connectivity index (χ1n) is 5.56. The van der Waals surface area contributed by atoms with Gasteiger partial charge >= 0.3 is 0 Å². The Bertz CT molecular complexity index is 687. The van der Waals surface area contributed by atoms with Crippen LogP contribution in [0.2, 0.25) is 5.02 Å². The highest BCUT2D eigenvalue weighted by Gasteiger charge is 2.21. The van der Waals surface area contributed by atoms with Crippen molar-refractivity contribution in [1.82, 2.24) is 4.72 Å². The van der Waals surface area contributed by atoms with Crippen molar-refractivity contribution in [3.63, 3.8) is 0 Å². The molecule has 0 aliphatic heterocycles. The van der Waals surface area contributed by atoms with Crippen molar-refractivity contribution in [3.8, 4) is 0 Å². The fourth-order valence-electron chi connectivity index (χ4n) is 1.53. The number of rotatable bonds is 5. The molecule has 1 heterocycles. The highest BCUT2D eigenvalue weighted by molar-refractivity contribution is 7.89. The molecule has 2 aromatic rings. The summed E-state index contributed by atoms with van der Waals surface area (Å²) in [5.74, 6) is -0.501. The van der Waals surface area contributed by atoms with Gasteiger partial charge in [-0.25, -0.2) is 17.5 Å². The van der Waals surface area contributed by atoms with E-state index >= 15 is 0 Å². The summed E-state index contributed by atoms with van der Waals surface area (Å²) in [6.45, 7) is -0.317. The molecular weight excluding hydrogens is 309 g/mol. The molecule has 5 nitrogen and oxygen atoms in total. The van der Waals surface area contributed by atoms with Crippen LogP contribution in [0.3, 0.4) is 0 Å². The number of hydrogen-bond acceptors (Lipinski definition) is 4. The van der Waals surface area contributed by atoms with Crippen LogP contribution in [0.1, 0.15) is 11.9 Å². The van der Waals surface area contributed by atoms with Gasteiger partial charge in [0.1, 0.15) is 22.6 Å². The Labute approximate surface area is 120 Å². The minimum absolute atomic E-state index is 0.105. The summed E-state index contributed by atoms with van der Waals surface area (Å²) in [6.07, 6.45) is 0.211. The normalized spacial score (nSPS) is 13.3. The van der Waals surface area contributed by atoms with E-state index in [4.69, 9.17) is 16.0 Å². The molecule has 1 aromatic heterocycles. The average molecular weight is 320 g/mol. The largest absolute Gasteiger partial charge is 0.467 e. The number of aliphatic hydroxyl groups excluding tert-OH is 1. The third-order valence-electron chi connectivity index (χ3n) is 2.52. The van der Waals surface area contributed by atoms with E-state index in [2.05, 4.69) is 4.72 Å². The second-order valence-electron chi connectivity index (χ2n) is 3.96.